The largest absolute Gasteiger partial charge is 0.453 e. The predicted octanol–water partition coefficient (Wildman–Crippen LogP) is 3.68. The van der Waals surface area contributed by atoms with Crippen LogP contribution in [0.1, 0.15) is 0 Å². The van der Waals surface area contributed by atoms with E-state index >= 15 is 0 Å². The van der Waals surface area contributed by atoms with Crippen molar-refractivity contribution in [3.63, 3.8) is 0 Å². The van der Waals surface area contributed by atoms with E-state index in [1.165, 1.54) is 30.3 Å². The molecule has 0 aliphatic carbocycles. The van der Waals surface area contributed by atoms with Crippen LogP contribution in [0.2, 0.25) is 5.02 Å². The summed E-state index contributed by atoms with van der Waals surface area (Å²) in [6.45, 7) is 0. The van der Waals surface area contributed by atoms with Crippen molar-refractivity contribution in [1.82, 2.24) is 0 Å². The van der Waals surface area contributed by atoms with Crippen LogP contribution in [0.4, 0.5) is 4.39 Å². The lowest BCUT2D eigenvalue weighted by Crippen LogP contribution is -2.11. The lowest BCUT2D eigenvalue weighted by molar-refractivity contribution is 0.441. The number of ether oxygens (including phenoxy) is 1. The molecule has 0 heterocycles. The highest BCUT2D eigenvalue weighted by molar-refractivity contribution is 9.10. The Morgan fingerprint density at radius 1 is 1.15 bits per heavy atom. The zero-order valence-corrected chi connectivity index (χ0v) is 13.0. The zero-order valence-electron chi connectivity index (χ0n) is 9.81. The summed E-state index contributed by atoms with van der Waals surface area (Å²) in [5.41, 5.74) is 0. The minimum absolute atomic E-state index is 0.0101. The number of nitrogens with two attached hydrogens (primary N) is 1. The van der Waals surface area contributed by atoms with E-state index < -0.39 is 15.8 Å². The summed E-state index contributed by atoms with van der Waals surface area (Å²) < 4.78 is 41.8. The Kier molecular flexibility index (Phi) is 4.33. The van der Waals surface area contributed by atoms with Gasteiger partial charge in [-0.1, -0.05) is 27.5 Å². The van der Waals surface area contributed by atoms with Gasteiger partial charge in [0.25, 0.3) is 0 Å². The lowest BCUT2D eigenvalue weighted by Gasteiger charge is -2.09. The summed E-state index contributed by atoms with van der Waals surface area (Å²) in [6, 6.07) is 7.86. The maximum absolute atomic E-state index is 13.6. The smallest absolute Gasteiger partial charge is 0.238 e. The number of sulfonamides is 1. The Morgan fingerprint density at radius 3 is 2.45 bits per heavy atom. The minimum atomic E-state index is -3.85. The van der Waals surface area contributed by atoms with E-state index in [1.807, 2.05) is 0 Å². The van der Waals surface area contributed by atoms with Crippen LogP contribution in [0.25, 0.3) is 0 Å². The third kappa shape index (κ3) is 3.49. The van der Waals surface area contributed by atoms with Gasteiger partial charge in [-0.3, -0.25) is 0 Å². The first-order chi connectivity index (χ1) is 9.27. The molecule has 0 bridgehead atoms. The molecule has 20 heavy (non-hydrogen) atoms. The summed E-state index contributed by atoms with van der Waals surface area (Å²) in [7, 11) is -3.85. The molecule has 0 radical (unpaired) electrons. The molecular formula is C12H8BrClFNO3S. The van der Waals surface area contributed by atoms with Gasteiger partial charge < -0.3 is 4.74 Å². The van der Waals surface area contributed by atoms with Gasteiger partial charge in [0.15, 0.2) is 11.6 Å². The average Bonchev–Trinajstić information content (AvgIpc) is 2.35. The second-order valence-corrected chi connectivity index (χ2v) is 6.70. The van der Waals surface area contributed by atoms with Gasteiger partial charge in [0.05, 0.1) is 9.92 Å². The van der Waals surface area contributed by atoms with Crippen LogP contribution in [0.3, 0.4) is 0 Å². The van der Waals surface area contributed by atoms with E-state index in [0.717, 1.165) is 6.07 Å². The third-order valence-electron chi connectivity index (χ3n) is 2.35. The highest BCUT2D eigenvalue weighted by Crippen LogP contribution is 2.33. The first-order valence-electron chi connectivity index (χ1n) is 5.22. The van der Waals surface area contributed by atoms with Crippen LogP contribution < -0.4 is 9.88 Å². The molecule has 2 aromatic carbocycles. The zero-order chi connectivity index (χ0) is 14.9. The monoisotopic (exact) mass is 379 g/mol. The Morgan fingerprint density at radius 2 is 1.85 bits per heavy atom. The fourth-order valence-corrected chi connectivity index (χ4v) is 2.58. The van der Waals surface area contributed by atoms with Crippen molar-refractivity contribution in [3.8, 4) is 11.5 Å². The molecule has 0 amide bonds. The molecule has 4 nitrogen and oxygen atoms in total. The summed E-state index contributed by atoms with van der Waals surface area (Å²) in [5, 5.41) is 4.99. The second-order valence-electron chi connectivity index (χ2n) is 3.81. The molecule has 106 valence electrons. The summed E-state index contributed by atoms with van der Waals surface area (Å²) in [4.78, 5) is -0.149. The van der Waals surface area contributed by atoms with Gasteiger partial charge in [-0.05, 0) is 36.4 Å². The second kappa shape index (κ2) is 5.69. The molecule has 2 rings (SSSR count). The maximum atomic E-state index is 13.6. The fraction of sp³-hybridized carbons (Fsp3) is 0. The number of halogens is 3. The molecule has 0 saturated heterocycles. The van der Waals surface area contributed by atoms with Crippen LogP contribution in [-0.4, -0.2) is 8.42 Å². The van der Waals surface area contributed by atoms with Gasteiger partial charge in [0.1, 0.15) is 5.75 Å². The van der Waals surface area contributed by atoms with Crippen molar-refractivity contribution in [2.75, 3.05) is 0 Å². The van der Waals surface area contributed by atoms with Crippen LogP contribution in [-0.2, 0) is 10.0 Å². The predicted molar refractivity (Wildman–Crippen MR) is 77.0 cm³/mol. The van der Waals surface area contributed by atoms with Gasteiger partial charge in [0, 0.05) is 4.47 Å². The van der Waals surface area contributed by atoms with Crippen molar-refractivity contribution < 1.29 is 17.5 Å². The number of rotatable bonds is 3. The molecule has 2 N–H and O–H groups in total. The Labute approximate surface area is 128 Å². The normalized spacial score (nSPS) is 11.4. The number of benzene rings is 2. The SMILES string of the molecule is NS(=O)(=O)c1ccc(Oc2cc(Br)ccc2F)c(Cl)c1. The van der Waals surface area contributed by atoms with Gasteiger partial charge in [-0.15, -0.1) is 0 Å². The van der Waals surface area contributed by atoms with E-state index in [1.54, 1.807) is 0 Å². The lowest BCUT2D eigenvalue weighted by atomic mass is 10.3. The molecule has 0 atom stereocenters. The molecule has 0 unspecified atom stereocenters. The van der Waals surface area contributed by atoms with E-state index in [0.29, 0.717) is 4.47 Å². The first kappa shape index (κ1) is 15.2. The quantitative estimate of drug-likeness (QED) is 0.883. The summed E-state index contributed by atoms with van der Waals surface area (Å²) in [5.74, 6) is -0.486. The number of primary sulfonamides is 1. The van der Waals surface area contributed by atoms with Crippen molar-refractivity contribution in [2.24, 2.45) is 5.14 Å². The van der Waals surface area contributed by atoms with E-state index in [4.69, 9.17) is 21.5 Å². The highest BCUT2D eigenvalue weighted by atomic mass is 79.9. The van der Waals surface area contributed by atoms with Gasteiger partial charge in [-0.25, -0.2) is 17.9 Å². The molecule has 0 spiro atoms. The fourth-order valence-electron chi connectivity index (χ4n) is 1.42. The van der Waals surface area contributed by atoms with E-state index in [-0.39, 0.29) is 21.4 Å². The molecule has 8 heteroatoms. The Balaban J connectivity index is 2.38. The maximum Gasteiger partial charge on any atom is 0.238 e. The average molecular weight is 381 g/mol. The van der Waals surface area contributed by atoms with Crippen LogP contribution in [0.5, 0.6) is 11.5 Å². The molecule has 0 aliphatic rings. The number of hydrogen-bond acceptors (Lipinski definition) is 3. The summed E-state index contributed by atoms with van der Waals surface area (Å²) in [6.07, 6.45) is 0. The van der Waals surface area contributed by atoms with Crippen LogP contribution >= 0.6 is 27.5 Å². The molecule has 0 aliphatic heterocycles. The third-order valence-corrected chi connectivity index (χ3v) is 4.04. The Hall–Kier alpha value is -1.15. The topological polar surface area (TPSA) is 69.4 Å². The van der Waals surface area contributed by atoms with Crippen molar-refractivity contribution >= 4 is 37.6 Å². The van der Waals surface area contributed by atoms with Gasteiger partial charge in [-0.2, -0.15) is 0 Å². The highest BCUT2D eigenvalue weighted by Gasteiger charge is 2.13. The van der Waals surface area contributed by atoms with Crippen molar-refractivity contribution in [1.29, 1.82) is 0 Å². The van der Waals surface area contributed by atoms with Gasteiger partial charge >= 0.3 is 0 Å². The number of hydrogen-bond donors (Lipinski definition) is 1. The molecule has 2 aromatic rings. The molecular weight excluding hydrogens is 373 g/mol. The molecule has 0 fully saturated rings. The first-order valence-corrected chi connectivity index (χ1v) is 7.94. The Bertz CT molecular complexity index is 767. The van der Waals surface area contributed by atoms with E-state index in [9.17, 15) is 12.8 Å². The van der Waals surface area contributed by atoms with Crippen molar-refractivity contribution in [3.05, 3.63) is 51.7 Å². The standard InChI is InChI=1S/C12H8BrClFNO3S/c13-7-1-3-10(15)12(5-7)19-11-4-2-8(6-9(11)14)20(16,17)18/h1-6H,(H2,16,17,18). The molecule has 0 aromatic heterocycles. The van der Waals surface area contributed by atoms with Gasteiger partial charge in [0.2, 0.25) is 10.0 Å². The summed E-state index contributed by atoms with van der Waals surface area (Å²) >= 11 is 9.09. The minimum Gasteiger partial charge on any atom is -0.453 e. The van der Waals surface area contributed by atoms with Crippen LogP contribution in [0, 0.1) is 5.82 Å². The van der Waals surface area contributed by atoms with Crippen LogP contribution in [0.15, 0.2) is 45.8 Å². The van der Waals surface area contributed by atoms with E-state index in [2.05, 4.69) is 15.9 Å². The molecule has 0 saturated carbocycles. The van der Waals surface area contributed by atoms with Crippen molar-refractivity contribution in [2.45, 2.75) is 4.90 Å².